The second-order valence-corrected chi connectivity index (χ2v) is 6.28. The number of hydrogen-bond donors (Lipinski definition) is 1. The molecule has 0 spiro atoms. The van der Waals surface area contributed by atoms with Crippen LogP contribution in [-0.4, -0.2) is 18.6 Å². The smallest absolute Gasteiger partial charge is 0.0485 e. The van der Waals surface area contributed by atoms with Crippen LogP contribution in [0.5, 0.6) is 0 Å². The van der Waals surface area contributed by atoms with Gasteiger partial charge in [0.15, 0.2) is 0 Å². The summed E-state index contributed by atoms with van der Waals surface area (Å²) >= 11 is 0. The van der Waals surface area contributed by atoms with E-state index in [9.17, 15) is 0 Å². The van der Waals surface area contributed by atoms with Crippen molar-refractivity contribution in [3.63, 3.8) is 0 Å². The minimum atomic E-state index is 0.464. The highest BCUT2D eigenvalue weighted by Crippen LogP contribution is 2.28. The molecule has 0 amide bonds. The fourth-order valence-electron chi connectivity index (χ4n) is 3.55. The highest BCUT2D eigenvalue weighted by Gasteiger charge is 2.20. The molecule has 1 aliphatic rings. The topological polar surface area (TPSA) is 24.9 Å². The Labute approximate surface area is 134 Å². The summed E-state index contributed by atoms with van der Waals surface area (Å²) < 4.78 is 0. The average molecular weight is 294 g/mol. The molecule has 22 heavy (non-hydrogen) atoms. The van der Waals surface area contributed by atoms with Gasteiger partial charge in [0, 0.05) is 23.9 Å². The van der Waals surface area contributed by atoms with Crippen molar-refractivity contribution in [1.29, 1.82) is 0 Å². The van der Waals surface area contributed by atoms with Crippen LogP contribution in [0.25, 0.3) is 0 Å². The molecule has 3 rings (SSSR count). The minimum absolute atomic E-state index is 0.464. The van der Waals surface area contributed by atoms with Crippen LogP contribution in [0.1, 0.15) is 47.3 Å². The van der Waals surface area contributed by atoms with Gasteiger partial charge in [-0.3, -0.25) is 4.98 Å². The van der Waals surface area contributed by atoms with Gasteiger partial charge in [-0.1, -0.05) is 37.3 Å². The Balaban J connectivity index is 2.03. The summed E-state index contributed by atoms with van der Waals surface area (Å²) in [5, 5.41) is 3.38. The molecule has 1 N–H and O–H groups in total. The first-order valence-corrected chi connectivity index (χ1v) is 8.52. The molecule has 0 fully saturated rings. The van der Waals surface area contributed by atoms with E-state index < -0.39 is 0 Å². The second kappa shape index (κ2) is 7.06. The van der Waals surface area contributed by atoms with Crippen LogP contribution in [0.15, 0.2) is 36.4 Å². The van der Waals surface area contributed by atoms with Crippen LogP contribution in [-0.2, 0) is 25.7 Å². The van der Waals surface area contributed by atoms with Crippen LogP contribution in [0.4, 0.5) is 0 Å². The lowest BCUT2D eigenvalue weighted by atomic mass is 9.91. The van der Waals surface area contributed by atoms with Crippen molar-refractivity contribution in [2.45, 2.75) is 44.9 Å². The Hall–Kier alpha value is -1.67. The Morgan fingerprint density at radius 2 is 1.82 bits per heavy atom. The molecule has 2 nitrogen and oxygen atoms in total. The molecule has 2 heteroatoms. The molecule has 0 saturated heterocycles. The van der Waals surface area contributed by atoms with Gasteiger partial charge in [0.05, 0.1) is 0 Å². The zero-order chi connectivity index (χ0) is 15.4. The number of hydrogen-bond acceptors (Lipinski definition) is 2. The zero-order valence-corrected chi connectivity index (χ0v) is 13.7. The molecule has 0 radical (unpaired) electrons. The van der Waals surface area contributed by atoms with Gasteiger partial charge >= 0.3 is 0 Å². The molecule has 1 atom stereocenters. The molecular weight excluding hydrogens is 268 g/mol. The minimum Gasteiger partial charge on any atom is -0.319 e. The highest BCUT2D eigenvalue weighted by molar-refractivity contribution is 5.34. The summed E-state index contributed by atoms with van der Waals surface area (Å²) in [5.41, 5.74) is 7.01. The molecule has 0 unspecified atom stereocenters. The Morgan fingerprint density at radius 1 is 1.05 bits per heavy atom. The Bertz CT molecular complexity index is 633. The van der Waals surface area contributed by atoms with Gasteiger partial charge < -0.3 is 5.32 Å². The van der Waals surface area contributed by atoms with Crippen molar-refractivity contribution in [2.24, 2.45) is 0 Å². The standard InChI is InChI=1S/C20H26N2/c1-3-19-12-11-16-10-6-9-15-7-4-5-8-17(15)13-18(14-21-2)20(16)22-19/h4-5,7-8,11-12,18,21H,3,6,9-10,13-14H2,1-2H3/t18-/m1/s1. The normalized spacial score (nSPS) is 17.8. The summed E-state index contributed by atoms with van der Waals surface area (Å²) in [5.74, 6) is 0.464. The van der Waals surface area contributed by atoms with Crippen molar-refractivity contribution < 1.29 is 0 Å². The van der Waals surface area contributed by atoms with Gasteiger partial charge in [-0.25, -0.2) is 0 Å². The van der Waals surface area contributed by atoms with Crippen LogP contribution in [0.3, 0.4) is 0 Å². The molecule has 1 aliphatic carbocycles. The van der Waals surface area contributed by atoms with Gasteiger partial charge in [0.1, 0.15) is 0 Å². The molecule has 1 aromatic carbocycles. The summed E-state index contributed by atoms with van der Waals surface area (Å²) in [4.78, 5) is 5.01. The molecule has 1 aromatic heterocycles. The van der Waals surface area contributed by atoms with Crippen molar-refractivity contribution >= 4 is 0 Å². The van der Waals surface area contributed by atoms with E-state index in [1.165, 1.54) is 40.9 Å². The summed E-state index contributed by atoms with van der Waals surface area (Å²) in [7, 11) is 2.04. The van der Waals surface area contributed by atoms with Crippen LogP contribution < -0.4 is 5.32 Å². The first-order valence-electron chi connectivity index (χ1n) is 8.52. The number of aromatic nitrogens is 1. The maximum atomic E-state index is 5.01. The molecule has 0 bridgehead atoms. The lowest BCUT2D eigenvalue weighted by molar-refractivity contribution is 0.602. The highest BCUT2D eigenvalue weighted by atomic mass is 14.8. The van der Waals surface area contributed by atoms with Crippen molar-refractivity contribution in [3.05, 3.63) is 64.5 Å². The van der Waals surface area contributed by atoms with E-state index >= 15 is 0 Å². The Kier molecular flexibility index (Phi) is 4.89. The third-order valence-electron chi connectivity index (χ3n) is 4.75. The number of pyridine rings is 1. The fourth-order valence-corrected chi connectivity index (χ4v) is 3.55. The molecule has 1 heterocycles. The van der Waals surface area contributed by atoms with Crippen molar-refractivity contribution in [3.8, 4) is 0 Å². The van der Waals surface area contributed by atoms with E-state index in [0.717, 1.165) is 25.8 Å². The van der Waals surface area contributed by atoms with E-state index in [4.69, 9.17) is 4.98 Å². The predicted octanol–water partition coefficient (Wildman–Crippen LogP) is 3.68. The van der Waals surface area contributed by atoms with Gasteiger partial charge in [0.25, 0.3) is 0 Å². The van der Waals surface area contributed by atoms with E-state index in [2.05, 4.69) is 48.6 Å². The molecule has 0 saturated carbocycles. The molecule has 0 aliphatic heterocycles. The van der Waals surface area contributed by atoms with E-state index in [1.807, 2.05) is 7.05 Å². The molecular formula is C20H26N2. The van der Waals surface area contributed by atoms with E-state index in [0.29, 0.717) is 5.92 Å². The first-order chi connectivity index (χ1) is 10.8. The van der Waals surface area contributed by atoms with E-state index in [1.54, 1.807) is 0 Å². The van der Waals surface area contributed by atoms with Crippen molar-refractivity contribution in [1.82, 2.24) is 10.3 Å². The van der Waals surface area contributed by atoms with Gasteiger partial charge in [-0.15, -0.1) is 0 Å². The third-order valence-corrected chi connectivity index (χ3v) is 4.75. The molecule has 116 valence electrons. The van der Waals surface area contributed by atoms with Crippen LogP contribution in [0, 0.1) is 0 Å². The van der Waals surface area contributed by atoms with Gasteiger partial charge in [0.2, 0.25) is 0 Å². The summed E-state index contributed by atoms with van der Waals surface area (Å²) in [6, 6.07) is 13.5. The fraction of sp³-hybridized carbons (Fsp3) is 0.450. The van der Waals surface area contributed by atoms with Crippen molar-refractivity contribution in [2.75, 3.05) is 13.6 Å². The summed E-state index contributed by atoms with van der Waals surface area (Å²) in [6.07, 6.45) is 5.63. The van der Waals surface area contributed by atoms with E-state index in [-0.39, 0.29) is 0 Å². The number of rotatable bonds is 3. The van der Waals surface area contributed by atoms with Crippen LogP contribution in [0.2, 0.25) is 0 Å². The SMILES string of the molecule is CCc1ccc2c(n1)[C@@H](CNC)Cc1ccccc1CCC2. The number of nitrogens with one attached hydrogen (secondary N) is 1. The monoisotopic (exact) mass is 294 g/mol. The quantitative estimate of drug-likeness (QED) is 0.934. The Morgan fingerprint density at radius 3 is 2.59 bits per heavy atom. The van der Waals surface area contributed by atoms with Crippen LogP contribution >= 0.6 is 0 Å². The third kappa shape index (κ3) is 3.22. The largest absolute Gasteiger partial charge is 0.319 e. The number of nitrogens with zero attached hydrogens (tertiary/aromatic N) is 1. The number of aryl methyl sites for hydroxylation is 3. The van der Waals surface area contributed by atoms with Gasteiger partial charge in [-0.05, 0) is 61.9 Å². The first kappa shape index (κ1) is 15.2. The lowest BCUT2D eigenvalue weighted by Gasteiger charge is -2.20. The maximum absolute atomic E-state index is 5.01. The molecule has 2 aromatic rings. The zero-order valence-electron chi connectivity index (χ0n) is 13.7. The summed E-state index contributed by atoms with van der Waals surface area (Å²) in [6.45, 7) is 3.17. The predicted molar refractivity (Wildman–Crippen MR) is 92.5 cm³/mol. The number of benzene rings is 1. The maximum Gasteiger partial charge on any atom is 0.0485 e. The second-order valence-electron chi connectivity index (χ2n) is 6.28. The number of fused-ring (bicyclic) bond motifs is 2. The number of likely N-dealkylation sites (N-methyl/N-ethyl adjacent to an activating group) is 1. The lowest BCUT2D eigenvalue weighted by Crippen LogP contribution is -2.22. The average Bonchev–Trinajstić information content (AvgIpc) is 2.62. The van der Waals surface area contributed by atoms with Gasteiger partial charge in [-0.2, -0.15) is 0 Å².